The zero-order chi connectivity index (χ0) is 34.4. The SMILES string of the molecule is CC(C)(C)C1=CC(C=CC(=O)OCCSCCOC(=O)C=CC2C=C(C(C)(C)C)C(=O)C(C(C)(C)C)C2)CC(C(C)(C)C)C1=O. The molecule has 0 N–H and O–H groups in total. The second-order valence-electron chi connectivity index (χ2n) is 16.7. The molecule has 0 spiro atoms. The van der Waals surface area contributed by atoms with E-state index in [1.54, 1.807) is 11.8 Å². The summed E-state index contributed by atoms with van der Waals surface area (Å²) in [6.07, 6.45) is 12.0. The van der Waals surface area contributed by atoms with Gasteiger partial charge in [-0.2, -0.15) is 11.8 Å². The second-order valence-corrected chi connectivity index (χ2v) is 17.9. The van der Waals surface area contributed by atoms with Crippen molar-refractivity contribution in [3.63, 3.8) is 0 Å². The van der Waals surface area contributed by atoms with Gasteiger partial charge in [-0.3, -0.25) is 9.59 Å². The van der Waals surface area contributed by atoms with Crippen molar-refractivity contribution >= 4 is 35.3 Å². The van der Waals surface area contributed by atoms with E-state index >= 15 is 0 Å². The molecule has 2 aliphatic rings. The largest absolute Gasteiger partial charge is 0.462 e. The van der Waals surface area contributed by atoms with Crippen LogP contribution < -0.4 is 0 Å². The fraction of sp³-hybridized carbons (Fsp3) is 0.684. The van der Waals surface area contributed by atoms with Crippen LogP contribution in [0.3, 0.4) is 0 Å². The van der Waals surface area contributed by atoms with Gasteiger partial charge in [0.15, 0.2) is 11.6 Å². The number of hydrogen-bond donors (Lipinski definition) is 0. The fourth-order valence-corrected chi connectivity index (χ4v) is 6.47. The zero-order valence-electron chi connectivity index (χ0n) is 29.9. The van der Waals surface area contributed by atoms with Crippen molar-refractivity contribution in [2.45, 2.75) is 95.9 Å². The lowest BCUT2D eigenvalue weighted by Gasteiger charge is -2.38. The molecule has 45 heavy (non-hydrogen) atoms. The monoisotopic (exact) mass is 642 g/mol. The van der Waals surface area contributed by atoms with Crippen molar-refractivity contribution in [3.8, 4) is 0 Å². The van der Waals surface area contributed by atoms with Crippen LogP contribution in [0.25, 0.3) is 0 Å². The Morgan fingerprint density at radius 1 is 0.667 bits per heavy atom. The third kappa shape index (κ3) is 12.0. The lowest BCUT2D eigenvalue weighted by atomic mass is 9.65. The van der Waals surface area contributed by atoms with E-state index < -0.39 is 11.9 Å². The minimum Gasteiger partial charge on any atom is -0.462 e. The van der Waals surface area contributed by atoms with Gasteiger partial charge in [0.25, 0.3) is 0 Å². The van der Waals surface area contributed by atoms with Crippen molar-refractivity contribution in [1.29, 1.82) is 0 Å². The van der Waals surface area contributed by atoms with E-state index in [9.17, 15) is 19.2 Å². The number of ether oxygens (including phenoxy) is 2. The molecule has 0 aromatic rings. The van der Waals surface area contributed by atoms with Crippen LogP contribution in [0.1, 0.15) is 95.9 Å². The molecule has 2 aliphatic carbocycles. The van der Waals surface area contributed by atoms with Gasteiger partial charge in [-0.25, -0.2) is 9.59 Å². The lowest BCUT2D eigenvalue weighted by Crippen LogP contribution is -2.37. The zero-order valence-corrected chi connectivity index (χ0v) is 30.7. The molecule has 252 valence electrons. The molecule has 0 bridgehead atoms. The van der Waals surface area contributed by atoms with Crippen LogP contribution >= 0.6 is 11.8 Å². The second kappa shape index (κ2) is 15.5. The first-order valence-corrected chi connectivity index (χ1v) is 17.5. The van der Waals surface area contributed by atoms with Gasteiger partial charge < -0.3 is 9.47 Å². The minimum absolute atomic E-state index is 0.00361. The summed E-state index contributed by atoms with van der Waals surface area (Å²) < 4.78 is 10.7. The Bertz CT molecular complexity index is 1110. The maximum absolute atomic E-state index is 13.1. The Balaban J connectivity index is 1.77. The quantitative estimate of drug-likeness (QED) is 0.134. The standard InChI is InChI=1S/C38H58O6S/c1-35(2,3)27-21-25(22-28(33(27)41)36(4,5)6)13-15-31(39)43-17-19-45-20-18-44-32(40)16-14-26-23-29(37(7,8)9)34(42)30(24-26)38(10,11)12/h13-16,21,23,25-26,28,30H,17-20,22,24H2,1-12H3. The van der Waals surface area contributed by atoms with E-state index in [4.69, 9.17) is 9.47 Å². The molecule has 0 aromatic heterocycles. The molecule has 6 nitrogen and oxygen atoms in total. The number of carbonyl (C=O) groups excluding carboxylic acids is 4. The molecule has 0 fully saturated rings. The normalized spacial score (nSPS) is 23.7. The molecule has 0 amide bonds. The molecule has 0 heterocycles. The Kier molecular flexibility index (Phi) is 13.3. The first-order valence-electron chi connectivity index (χ1n) is 16.3. The number of esters is 2. The summed E-state index contributed by atoms with van der Waals surface area (Å²) in [6, 6.07) is 0. The van der Waals surface area contributed by atoms with Crippen molar-refractivity contribution in [2.24, 2.45) is 45.3 Å². The smallest absolute Gasteiger partial charge is 0.330 e. The van der Waals surface area contributed by atoms with E-state index in [0.717, 1.165) is 11.1 Å². The maximum Gasteiger partial charge on any atom is 0.330 e. The molecule has 0 saturated heterocycles. The number of carbonyl (C=O) groups is 4. The van der Waals surface area contributed by atoms with Crippen molar-refractivity contribution < 1.29 is 28.7 Å². The molecule has 4 atom stereocenters. The molecule has 4 unspecified atom stereocenters. The molecular formula is C38H58O6S. The van der Waals surface area contributed by atoms with Crippen LogP contribution in [0.2, 0.25) is 0 Å². The highest BCUT2D eigenvalue weighted by Crippen LogP contribution is 2.44. The first-order chi connectivity index (χ1) is 20.5. The topological polar surface area (TPSA) is 86.7 Å². The highest BCUT2D eigenvalue weighted by molar-refractivity contribution is 7.99. The highest BCUT2D eigenvalue weighted by Gasteiger charge is 2.41. The third-order valence-electron chi connectivity index (χ3n) is 8.55. The predicted octanol–water partition coefficient (Wildman–Crippen LogP) is 8.37. The summed E-state index contributed by atoms with van der Waals surface area (Å²) in [7, 11) is 0. The summed E-state index contributed by atoms with van der Waals surface area (Å²) in [4.78, 5) is 51.0. The van der Waals surface area contributed by atoms with Crippen molar-refractivity contribution in [2.75, 3.05) is 24.7 Å². The third-order valence-corrected chi connectivity index (χ3v) is 9.46. The molecule has 2 rings (SSSR count). The van der Waals surface area contributed by atoms with E-state index in [2.05, 4.69) is 83.1 Å². The highest BCUT2D eigenvalue weighted by atomic mass is 32.2. The number of allylic oxidation sites excluding steroid dienone is 6. The predicted molar refractivity (Wildman–Crippen MR) is 185 cm³/mol. The Morgan fingerprint density at radius 2 is 1.00 bits per heavy atom. The summed E-state index contributed by atoms with van der Waals surface area (Å²) in [5.41, 5.74) is 0.837. The number of Topliss-reactive ketones (excluding diaryl/α,β-unsaturated/α-hetero) is 2. The average Bonchev–Trinajstić information content (AvgIpc) is 2.88. The minimum atomic E-state index is -0.399. The van der Waals surface area contributed by atoms with E-state index in [1.165, 1.54) is 12.2 Å². The molecule has 7 heteroatoms. The first kappa shape index (κ1) is 38.8. The molecule has 0 aliphatic heterocycles. The van der Waals surface area contributed by atoms with Gasteiger partial charge >= 0.3 is 11.9 Å². The van der Waals surface area contributed by atoms with Crippen molar-refractivity contribution in [3.05, 3.63) is 47.6 Å². The van der Waals surface area contributed by atoms with E-state index in [1.807, 2.05) is 24.3 Å². The van der Waals surface area contributed by atoms with Crippen LogP contribution in [0.5, 0.6) is 0 Å². The van der Waals surface area contributed by atoms with Gasteiger partial charge in [0.1, 0.15) is 13.2 Å². The molecule has 0 aromatic carbocycles. The number of thioether (sulfide) groups is 1. The van der Waals surface area contributed by atoms with Crippen LogP contribution in [-0.2, 0) is 28.7 Å². The number of rotatable bonds is 10. The van der Waals surface area contributed by atoms with Gasteiger partial charge in [-0.05, 0) is 57.5 Å². The van der Waals surface area contributed by atoms with Crippen molar-refractivity contribution in [1.82, 2.24) is 0 Å². The van der Waals surface area contributed by atoms with Gasteiger partial charge in [0.2, 0.25) is 0 Å². The Hall–Kier alpha value is -2.41. The lowest BCUT2D eigenvalue weighted by molar-refractivity contribution is -0.137. The maximum atomic E-state index is 13.1. The summed E-state index contributed by atoms with van der Waals surface area (Å²) in [5.74, 6) is 0.625. The Labute approximate surface area is 276 Å². The molecule has 0 radical (unpaired) electrons. The van der Waals surface area contributed by atoms with E-state index in [-0.39, 0.29) is 70.1 Å². The summed E-state index contributed by atoms with van der Waals surface area (Å²) in [5, 5.41) is 0. The summed E-state index contributed by atoms with van der Waals surface area (Å²) in [6.45, 7) is 25.4. The number of ketones is 2. The van der Waals surface area contributed by atoms with Gasteiger partial charge in [0.05, 0.1) is 0 Å². The van der Waals surface area contributed by atoms with Gasteiger partial charge in [-0.15, -0.1) is 0 Å². The van der Waals surface area contributed by atoms with Crippen LogP contribution in [0.4, 0.5) is 0 Å². The van der Waals surface area contributed by atoms with E-state index in [0.29, 0.717) is 24.3 Å². The number of hydrogen-bond acceptors (Lipinski definition) is 7. The Morgan fingerprint density at radius 3 is 1.29 bits per heavy atom. The van der Waals surface area contributed by atoms with Crippen LogP contribution in [-0.4, -0.2) is 48.2 Å². The van der Waals surface area contributed by atoms with Gasteiger partial charge in [0, 0.05) is 35.5 Å². The van der Waals surface area contributed by atoms with Gasteiger partial charge in [-0.1, -0.05) is 107 Å². The summed E-state index contributed by atoms with van der Waals surface area (Å²) >= 11 is 1.55. The van der Waals surface area contributed by atoms with Crippen LogP contribution in [0, 0.1) is 45.3 Å². The fourth-order valence-electron chi connectivity index (χ4n) is 5.87. The molecular weight excluding hydrogens is 584 g/mol. The van der Waals surface area contributed by atoms with Crippen LogP contribution in [0.15, 0.2) is 47.6 Å². The average molecular weight is 643 g/mol. The molecule has 0 saturated carbocycles.